The molecule has 18 heavy (non-hydrogen) atoms. The van der Waals surface area contributed by atoms with E-state index < -0.39 is 0 Å². The maximum Gasteiger partial charge on any atom is 0.233 e. The lowest BCUT2D eigenvalue weighted by Gasteiger charge is -2.32. The van der Waals surface area contributed by atoms with Crippen molar-refractivity contribution in [3.05, 3.63) is 22.4 Å². The predicted molar refractivity (Wildman–Crippen MR) is 76.0 cm³/mol. The van der Waals surface area contributed by atoms with E-state index in [-0.39, 0.29) is 5.91 Å². The fraction of sp³-hybridized carbons (Fsp3) is 0.615. The molecule has 1 rings (SSSR count). The van der Waals surface area contributed by atoms with Crippen LogP contribution in [-0.4, -0.2) is 22.9 Å². The maximum absolute atomic E-state index is 11.2. The number of rotatable bonds is 7. The normalized spacial score (nSPS) is 13.0. The molecule has 1 amide bonds. The first-order valence-electron chi connectivity index (χ1n) is 6.32. The van der Waals surface area contributed by atoms with Gasteiger partial charge < -0.3 is 0 Å². The molecular weight excluding hydrogens is 246 g/mol. The van der Waals surface area contributed by atoms with Crippen LogP contribution in [0.5, 0.6) is 0 Å². The van der Waals surface area contributed by atoms with E-state index in [0.29, 0.717) is 18.5 Å². The number of amides is 1. The van der Waals surface area contributed by atoms with Crippen LogP contribution in [0.4, 0.5) is 0 Å². The smallest absolute Gasteiger partial charge is 0.233 e. The van der Waals surface area contributed by atoms with Crippen LogP contribution >= 0.6 is 11.3 Å². The summed E-state index contributed by atoms with van der Waals surface area (Å²) in [7, 11) is 0. The molecule has 0 radical (unpaired) electrons. The number of carbonyl (C=O) groups excluding carboxylic acids is 1. The van der Waals surface area contributed by atoms with E-state index in [1.807, 2.05) is 0 Å². The molecule has 0 aliphatic carbocycles. The molecule has 0 bridgehead atoms. The van der Waals surface area contributed by atoms with Gasteiger partial charge in [0, 0.05) is 29.9 Å². The number of nitrogens with two attached hydrogens (primary N) is 1. The molecule has 0 saturated heterocycles. The van der Waals surface area contributed by atoms with Gasteiger partial charge in [0.25, 0.3) is 0 Å². The lowest BCUT2D eigenvalue weighted by Crippen LogP contribution is -2.39. The van der Waals surface area contributed by atoms with Gasteiger partial charge in [-0.05, 0) is 38.6 Å². The van der Waals surface area contributed by atoms with Gasteiger partial charge in [-0.25, -0.2) is 5.84 Å². The summed E-state index contributed by atoms with van der Waals surface area (Å²) < 4.78 is 0. The molecule has 1 unspecified atom stereocenters. The Labute approximate surface area is 113 Å². The average molecular weight is 269 g/mol. The standard InChI is InChI=1S/C13H23N3OS/c1-10(2)16(9-12-5-4-8-18-12)11(3)6-7-13(17)15-14/h4-5,8,10-11H,6-7,9,14H2,1-3H3,(H,15,17). The Hall–Kier alpha value is -0.910. The topological polar surface area (TPSA) is 58.4 Å². The van der Waals surface area contributed by atoms with E-state index >= 15 is 0 Å². The molecular formula is C13H23N3OS. The first-order valence-corrected chi connectivity index (χ1v) is 7.20. The summed E-state index contributed by atoms with van der Waals surface area (Å²) in [5.74, 6) is 5.00. The molecule has 1 aromatic rings. The molecule has 1 heterocycles. The maximum atomic E-state index is 11.2. The summed E-state index contributed by atoms with van der Waals surface area (Å²) >= 11 is 1.77. The highest BCUT2D eigenvalue weighted by Gasteiger charge is 2.18. The number of hydrogen-bond donors (Lipinski definition) is 2. The molecule has 1 aromatic heterocycles. The van der Waals surface area contributed by atoms with Crippen molar-refractivity contribution in [2.45, 2.75) is 52.2 Å². The molecule has 0 fully saturated rings. The van der Waals surface area contributed by atoms with Crippen LogP contribution in [0.1, 0.15) is 38.5 Å². The highest BCUT2D eigenvalue weighted by atomic mass is 32.1. The first-order chi connectivity index (χ1) is 8.54. The second-order valence-electron chi connectivity index (χ2n) is 4.80. The van der Waals surface area contributed by atoms with Crippen molar-refractivity contribution in [3.63, 3.8) is 0 Å². The van der Waals surface area contributed by atoms with Crippen molar-refractivity contribution in [2.24, 2.45) is 5.84 Å². The van der Waals surface area contributed by atoms with Gasteiger partial charge in [0.1, 0.15) is 0 Å². The van der Waals surface area contributed by atoms with Crippen LogP contribution in [-0.2, 0) is 11.3 Å². The van der Waals surface area contributed by atoms with Crippen molar-refractivity contribution < 1.29 is 4.79 Å². The third-order valence-corrected chi connectivity index (χ3v) is 3.96. The highest BCUT2D eigenvalue weighted by molar-refractivity contribution is 7.09. The van der Waals surface area contributed by atoms with Gasteiger partial charge >= 0.3 is 0 Å². The Bertz CT molecular complexity index is 351. The van der Waals surface area contributed by atoms with Crippen molar-refractivity contribution >= 4 is 17.2 Å². The van der Waals surface area contributed by atoms with E-state index in [2.05, 4.69) is 48.6 Å². The van der Waals surface area contributed by atoms with Crippen LogP contribution in [0.3, 0.4) is 0 Å². The second kappa shape index (κ2) is 7.51. The number of hydrogen-bond acceptors (Lipinski definition) is 4. The third kappa shape index (κ3) is 4.76. The average Bonchev–Trinajstić information content (AvgIpc) is 2.85. The predicted octanol–water partition coefficient (Wildman–Crippen LogP) is 2.12. The van der Waals surface area contributed by atoms with Gasteiger partial charge in [0.15, 0.2) is 0 Å². The number of hydrazine groups is 1. The molecule has 0 aliphatic heterocycles. The monoisotopic (exact) mass is 269 g/mol. The zero-order chi connectivity index (χ0) is 13.5. The number of thiophene rings is 1. The lowest BCUT2D eigenvalue weighted by molar-refractivity contribution is -0.121. The van der Waals surface area contributed by atoms with Crippen molar-refractivity contribution in [2.75, 3.05) is 0 Å². The minimum atomic E-state index is -0.0957. The van der Waals surface area contributed by atoms with Crippen molar-refractivity contribution in [1.82, 2.24) is 10.3 Å². The van der Waals surface area contributed by atoms with Gasteiger partial charge in [-0.15, -0.1) is 11.3 Å². The van der Waals surface area contributed by atoms with Crippen molar-refractivity contribution in [3.8, 4) is 0 Å². The molecule has 102 valence electrons. The van der Waals surface area contributed by atoms with E-state index in [9.17, 15) is 4.79 Å². The van der Waals surface area contributed by atoms with Gasteiger partial charge in [-0.1, -0.05) is 6.07 Å². The summed E-state index contributed by atoms with van der Waals surface area (Å²) in [5, 5.41) is 2.10. The summed E-state index contributed by atoms with van der Waals surface area (Å²) in [6.45, 7) is 7.48. The van der Waals surface area contributed by atoms with Crippen LogP contribution < -0.4 is 11.3 Å². The Morgan fingerprint density at radius 2 is 2.22 bits per heavy atom. The number of nitrogens with one attached hydrogen (secondary N) is 1. The minimum Gasteiger partial charge on any atom is -0.294 e. The zero-order valence-electron chi connectivity index (χ0n) is 11.3. The summed E-state index contributed by atoms with van der Waals surface area (Å²) in [6.07, 6.45) is 1.30. The quantitative estimate of drug-likeness (QED) is 0.453. The Morgan fingerprint density at radius 3 is 2.72 bits per heavy atom. The van der Waals surface area contributed by atoms with E-state index in [1.54, 1.807) is 11.3 Å². The first kappa shape index (κ1) is 15.1. The van der Waals surface area contributed by atoms with Gasteiger partial charge in [0.05, 0.1) is 0 Å². The number of nitrogens with zero attached hydrogens (tertiary/aromatic N) is 1. The molecule has 3 N–H and O–H groups in total. The number of carbonyl (C=O) groups is 1. The Morgan fingerprint density at radius 1 is 1.50 bits per heavy atom. The summed E-state index contributed by atoms with van der Waals surface area (Å²) in [6, 6.07) is 5.05. The minimum absolute atomic E-state index is 0.0957. The SMILES string of the molecule is CC(C)N(Cc1cccs1)C(C)CCC(=O)NN. The molecule has 4 nitrogen and oxygen atoms in total. The highest BCUT2D eigenvalue weighted by Crippen LogP contribution is 2.18. The largest absolute Gasteiger partial charge is 0.294 e. The molecule has 1 atom stereocenters. The zero-order valence-corrected chi connectivity index (χ0v) is 12.2. The molecule has 0 aliphatic rings. The molecule has 5 heteroatoms. The van der Waals surface area contributed by atoms with Crippen LogP contribution in [0.2, 0.25) is 0 Å². The van der Waals surface area contributed by atoms with Crippen LogP contribution in [0.15, 0.2) is 17.5 Å². The second-order valence-corrected chi connectivity index (χ2v) is 5.83. The lowest BCUT2D eigenvalue weighted by atomic mass is 10.1. The molecule has 0 aromatic carbocycles. The van der Waals surface area contributed by atoms with Gasteiger partial charge in [-0.2, -0.15) is 0 Å². The van der Waals surface area contributed by atoms with E-state index in [0.717, 1.165) is 13.0 Å². The Kier molecular flexibility index (Phi) is 6.32. The summed E-state index contributed by atoms with van der Waals surface area (Å²) in [4.78, 5) is 14.9. The van der Waals surface area contributed by atoms with Gasteiger partial charge in [0.2, 0.25) is 5.91 Å². The van der Waals surface area contributed by atoms with E-state index in [4.69, 9.17) is 5.84 Å². The van der Waals surface area contributed by atoms with Crippen molar-refractivity contribution in [1.29, 1.82) is 0 Å². The summed E-state index contributed by atoms with van der Waals surface area (Å²) in [5.41, 5.74) is 2.18. The molecule has 0 spiro atoms. The fourth-order valence-electron chi connectivity index (χ4n) is 2.01. The third-order valence-electron chi connectivity index (χ3n) is 3.10. The van der Waals surface area contributed by atoms with Gasteiger partial charge in [-0.3, -0.25) is 15.1 Å². The fourth-order valence-corrected chi connectivity index (χ4v) is 2.72. The molecule has 0 saturated carbocycles. The van der Waals surface area contributed by atoms with Crippen LogP contribution in [0, 0.1) is 0 Å². The van der Waals surface area contributed by atoms with E-state index in [1.165, 1.54) is 4.88 Å². The van der Waals surface area contributed by atoms with Crippen LogP contribution in [0.25, 0.3) is 0 Å². The Balaban J connectivity index is 2.53.